The topological polar surface area (TPSA) is 55.1 Å². The zero-order chi connectivity index (χ0) is 13.1. The van der Waals surface area contributed by atoms with Crippen LogP contribution in [0, 0.1) is 0 Å². The number of carbonyl (C=O) groups excluding carboxylic acids is 1. The van der Waals surface area contributed by atoms with Crippen molar-refractivity contribution in [1.82, 2.24) is 0 Å². The first-order valence-electron chi connectivity index (χ1n) is 5.18. The van der Waals surface area contributed by atoms with Gasteiger partial charge in [-0.2, -0.15) is 0 Å². The Hall–Kier alpha value is -1.52. The number of rotatable bonds is 2. The number of hydrogen-bond donors (Lipinski definition) is 2. The van der Waals surface area contributed by atoms with E-state index < -0.39 is 0 Å². The van der Waals surface area contributed by atoms with Gasteiger partial charge in [0.05, 0.1) is 10.6 Å². The second kappa shape index (κ2) is 5.42. The number of anilines is 2. The van der Waals surface area contributed by atoms with Gasteiger partial charge in [-0.1, -0.05) is 33.6 Å². The van der Waals surface area contributed by atoms with Crippen LogP contribution in [0.4, 0.5) is 11.4 Å². The van der Waals surface area contributed by atoms with E-state index in [4.69, 9.17) is 17.3 Å². The van der Waals surface area contributed by atoms with Crippen LogP contribution in [0.3, 0.4) is 0 Å². The van der Waals surface area contributed by atoms with Gasteiger partial charge in [-0.15, -0.1) is 0 Å². The zero-order valence-electron chi connectivity index (χ0n) is 9.28. The molecule has 0 radical (unpaired) electrons. The smallest absolute Gasteiger partial charge is 0.257 e. The van der Waals surface area contributed by atoms with E-state index in [2.05, 4.69) is 21.2 Å². The average Bonchev–Trinajstić information content (AvgIpc) is 2.32. The molecule has 0 fully saturated rings. The summed E-state index contributed by atoms with van der Waals surface area (Å²) in [6, 6.07) is 12.1. The van der Waals surface area contributed by atoms with Crippen molar-refractivity contribution < 1.29 is 4.79 Å². The molecule has 0 aliphatic carbocycles. The number of nitrogen functional groups attached to an aromatic ring is 1. The van der Waals surface area contributed by atoms with E-state index in [9.17, 15) is 4.79 Å². The minimum absolute atomic E-state index is 0.271. The first kappa shape index (κ1) is 12.9. The fourth-order valence-corrected chi connectivity index (χ4v) is 2.05. The third kappa shape index (κ3) is 3.03. The van der Waals surface area contributed by atoms with E-state index in [1.165, 1.54) is 0 Å². The predicted molar refractivity (Wildman–Crippen MR) is 78.0 cm³/mol. The number of amides is 1. The molecule has 2 aromatic rings. The molecule has 3 N–H and O–H groups in total. The van der Waals surface area contributed by atoms with Crippen LogP contribution < -0.4 is 11.1 Å². The third-order valence-electron chi connectivity index (χ3n) is 2.32. The molecule has 0 saturated carbocycles. The van der Waals surface area contributed by atoms with Gasteiger partial charge in [0, 0.05) is 15.8 Å². The molecule has 0 unspecified atom stereocenters. The number of benzene rings is 2. The molecule has 0 aliphatic rings. The maximum atomic E-state index is 12.0. The molecule has 2 aromatic carbocycles. The van der Waals surface area contributed by atoms with E-state index >= 15 is 0 Å². The highest BCUT2D eigenvalue weighted by Crippen LogP contribution is 2.22. The molecule has 0 bridgehead atoms. The Morgan fingerprint density at radius 3 is 2.72 bits per heavy atom. The average molecular weight is 326 g/mol. The van der Waals surface area contributed by atoms with Gasteiger partial charge in [-0.25, -0.2) is 0 Å². The summed E-state index contributed by atoms with van der Waals surface area (Å²) < 4.78 is 0.796. The Morgan fingerprint density at radius 1 is 1.22 bits per heavy atom. The maximum absolute atomic E-state index is 12.0. The van der Waals surface area contributed by atoms with Gasteiger partial charge in [-0.3, -0.25) is 4.79 Å². The number of nitrogens with one attached hydrogen (secondary N) is 1. The van der Waals surface area contributed by atoms with Gasteiger partial charge in [-0.05, 0) is 36.4 Å². The summed E-state index contributed by atoms with van der Waals surface area (Å²) in [6.07, 6.45) is 0. The lowest BCUT2D eigenvalue weighted by atomic mass is 10.2. The first-order chi connectivity index (χ1) is 8.56. The Bertz CT molecular complexity index is 601. The number of halogens is 2. The SMILES string of the molecule is Nc1cccc(NC(=O)c2cc(Br)ccc2Cl)c1. The Morgan fingerprint density at radius 2 is 2.00 bits per heavy atom. The molecular weight excluding hydrogens is 316 g/mol. The van der Waals surface area contributed by atoms with Gasteiger partial charge in [0.15, 0.2) is 0 Å². The lowest BCUT2D eigenvalue weighted by Crippen LogP contribution is -2.12. The summed E-state index contributed by atoms with van der Waals surface area (Å²) in [7, 11) is 0. The fourth-order valence-electron chi connectivity index (χ4n) is 1.49. The van der Waals surface area contributed by atoms with Crippen molar-refractivity contribution in [2.75, 3.05) is 11.1 Å². The van der Waals surface area contributed by atoms with Crippen molar-refractivity contribution in [3.63, 3.8) is 0 Å². The van der Waals surface area contributed by atoms with Crippen molar-refractivity contribution in [1.29, 1.82) is 0 Å². The third-order valence-corrected chi connectivity index (χ3v) is 3.14. The monoisotopic (exact) mass is 324 g/mol. The van der Waals surface area contributed by atoms with Crippen LogP contribution >= 0.6 is 27.5 Å². The van der Waals surface area contributed by atoms with E-state index in [1.807, 2.05) is 0 Å². The van der Waals surface area contributed by atoms with Crippen LogP contribution in [0.15, 0.2) is 46.9 Å². The van der Waals surface area contributed by atoms with Gasteiger partial charge >= 0.3 is 0 Å². The molecule has 0 atom stereocenters. The molecule has 5 heteroatoms. The highest BCUT2D eigenvalue weighted by Gasteiger charge is 2.11. The van der Waals surface area contributed by atoms with Gasteiger partial charge in [0.1, 0.15) is 0 Å². The molecule has 2 rings (SSSR count). The molecule has 18 heavy (non-hydrogen) atoms. The molecule has 92 valence electrons. The molecule has 3 nitrogen and oxygen atoms in total. The normalized spacial score (nSPS) is 10.1. The standard InChI is InChI=1S/C13H10BrClN2O/c14-8-4-5-12(15)11(6-8)13(18)17-10-3-1-2-9(16)7-10/h1-7H,16H2,(H,17,18). The van der Waals surface area contributed by atoms with E-state index in [0.29, 0.717) is 22.0 Å². The van der Waals surface area contributed by atoms with Gasteiger partial charge in [0.25, 0.3) is 5.91 Å². The Labute approximate surface area is 118 Å². The second-order valence-corrected chi connectivity index (χ2v) is 5.03. The van der Waals surface area contributed by atoms with Gasteiger partial charge < -0.3 is 11.1 Å². The molecule has 1 amide bonds. The number of hydrogen-bond acceptors (Lipinski definition) is 2. The van der Waals surface area contributed by atoms with E-state index in [-0.39, 0.29) is 5.91 Å². The highest BCUT2D eigenvalue weighted by molar-refractivity contribution is 9.10. The first-order valence-corrected chi connectivity index (χ1v) is 6.35. The van der Waals surface area contributed by atoms with E-state index in [0.717, 1.165) is 4.47 Å². The summed E-state index contributed by atoms with van der Waals surface area (Å²) in [4.78, 5) is 12.0. The van der Waals surface area contributed by atoms with Crippen LogP contribution in [-0.4, -0.2) is 5.91 Å². The van der Waals surface area contributed by atoms with E-state index in [1.54, 1.807) is 42.5 Å². The largest absolute Gasteiger partial charge is 0.399 e. The van der Waals surface area contributed by atoms with Crippen LogP contribution in [0.1, 0.15) is 10.4 Å². The molecule has 0 heterocycles. The van der Waals surface area contributed by atoms with Crippen LogP contribution in [0.25, 0.3) is 0 Å². The van der Waals surface area contributed by atoms with Crippen molar-refractivity contribution >= 4 is 44.8 Å². The molecule has 0 aromatic heterocycles. The lowest BCUT2D eigenvalue weighted by Gasteiger charge is -2.07. The van der Waals surface area contributed by atoms with Gasteiger partial charge in [0.2, 0.25) is 0 Å². The zero-order valence-corrected chi connectivity index (χ0v) is 11.6. The minimum atomic E-state index is -0.271. The summed E-state index contributed by atoms with van der Waals surface area (Å²) in [5.41, 5.74) is 7.28. The quantitative estimate of drug-likeness (QED) is 0.822. The maximum Gasteiger partial charge on any atom is 0.257 e. The molecular formula is C13H10BrClN2O. The molecule has 0 aliphatic heterocycles. The van der Waals surface area contributed by atoms with Crippen molar-refractivity contribution in [2.24, 2.45) is 0 Å². The summed E-state index contributed by atoms with van der Waals surface area (Å²) in [5, 5.41) is 3.15. The number of nitrogens with two attached hydrogens (primary N) is 1. The van der Waals surface area contributed by atoms with Crippen LogP contribution in [0.5, 0.6) is 0 Å². The second-order valence-electron chi connectivity index (χ2n) is 3.70. The summed E-state index contributed by atoms with van der Waals surface area (Å²) in [6.45, 7) is 0. The predicted octanol–water partition coefficient (Wildman–Crippen LogP) is 3.94. The minimum Gasteiger partial charge on any atom is -0.399 e. The molecule has 0 saturated heterocycles. The summed E-state index contributed by atoms with van der Waals surface area (Å²) in [5.74, 6) is -0.271. The van der Waals surface area contributed by atoms with Crippen LogP contribution in [-0.2, 0) is 0 Å². The van der Waals surface area contributed by atoms with Crippen LogP contribution in [0.2, 0.25) is 5.02 Å². The highest BCUT2D eigenvalue weighted by atomic mass is 79.9. The van der Waals surface area contributed by atoms with Crippen molar-refractivity contribution in [2.45, 2.75) is 0 Å². The molecule has 0 spiro atoms. The summed E-state index contributed by atoms with van der Waals surface area (Å²) >= 11 is 9.29. The van der Waals surface area contributed by atoms with Crippen molar-refractivity contribution in [3.8, 4) is 0 Å². The Kier molecular flexibility index (Phi) is 3.89. The Balaban J connectivity index is 2.24. The van der Waals surface area contributed by atoms with Crippen molar-refractivity contribution in [3.05, 3.63) is 57.5 Å². The number of carbonyl (C=O) groups is 1. The fraction of sp³-hybridized carbons (Fsp3) is 0. The lowest BCUT2D eigenvalue weighted by molar-refractivity contribution is 0.102.